The largest absolute Gasteiger partial charge is 0.328 e. The highest BCUT2D eigenvalue weighted by Gasteiger charge is 2.34. The van der Waals surface area contributed by atoms with Gasteiger partial charge < -0.3 is 9.47 Å². The molecule has 3 heterocycles. The van der Waals surface area contributed by atoms with Crippen LogP contribution in [0.2, 0.25) is 0 Å². The van der Waals surface area contributed by atoms with Crippen molar-refractivity contribution in [2.45, 2.75) is 56.9 Å². The van der Waals surface area contributed by atoms with Crippen LogP contribution < -0.4 is 0 Å². The lowest BCUT2D eigenvalue weighted by molar-refractivity contribution is 0.0727. The Labute approximate surface area is 159 Å². The molecule has 6 heteroatoms. The maximum absolute atomic E-state index is 13.1. The third-order valence-electron chi connectivity index (χ3n) is 5.46. The van der Waals surface area contributed by atoms with Crippen molar-refractivity contribution in [1.29, 1.82) is 0 Å². The summed E-state index contributed by atoms with van der Waals surface area (Å²) < 4.78 is 2.28. The molecule has 1 unspecified atom stereocenters. The van der Waals surface area contributed by atoms with E-state index in [1.165, 1.54) is 24.8 Å². The van der Waals surface area contributed by atoms with E-state index in [1.807, 2.05) is 17.0 Å². The normalized spacial score (nSPS) is 20.0. The van der Waals surface area contributed by atoms with Crippen LogP contribution in [0, 0.1) is 0 Å². The van der Waals surface area contributed by atoms with Gasteiger partial charge in [-0.2, -0.15) is 11.8 Å². The molecule has 0 aliphatic carbocycles. The van der Waals surface area contributed by atoms with Crippen LogP contribution in [-0.2, 0) is 18.7 Å². The number of nitrogens with zero attached hydrogens (tertiary/aromatic N) is 4. The number of likely N-dealkylation sites (tertiary alicyclic amines) is 1. The van der Waals surface area contributed by atoms with Crippen LogP contribution >= 0.6 is 11.8 Å². The minimum Gasteiger partial charge on any atom is -0.328 e. The predicted octanol–water partition coefficient (Wildman–Crippen LogP) is 3.84. The number of benzene rings is 1. The van der Waals surface area contributed by atoms with Crippen molar-refractivity contribution in [1.82, 2.24) is 19.7 Å². The number of hydrogen-bond donors (Lipinski definition) is 0. The fourth-order valence-corrected chi connectivity index (χ4v) is 4.63. The van der Waals surface area contributed by atoms with Crippen LogP contribution in [0.1, 0.15) is 65.7 Å². The molecular formula is C20H26N4OS. The Kier molecular flexibility index (Phi) is 5.29. The van der Waals surface area contributed by atoms with E-state index in [0.717, 1.165) is 55.3 Å². The Morgan fingerprint density at radius 1 is 1.12 bits per heavy atom. The molecule has 1 fully saturated rings. The smallest absolute Gasteiger partial charge is 0.254 e. The quantitative estimate of drug-likeness (QED) is 0.820. The molecule has 2 aromatic rings. The Morgan fingerprint density at radius 2 is 1.96 bits per heavy atom. The lowest BCUT2D eigenvalue weighted by atomic mass is 10.1. The Hall–Kier alpha value is -1.82. The summed E-state index contributed by atoms with van der Waals surface area (Å²) in [5, 5.41) is 8.94. The highest BCUT2D eigenvalue weighted by molar-refractivity contribution is 7.97. The first-order valence-corrected chi connectivity index (χ1v) is 11.0. The van der Waals surface area contributed by atoms with E-state index in [1.54, 1.807) is 11.8 Å². The van der Waals surface area contributed by atoms with E-state index in [0.29, 0.717) is 0 Å². The third kappa shape index (κ3) is 3.39. The van der Waals surface area contributed by atoms with Crippen molar-refractivity contribution in [2.24, 2.45) is 0 Å². The molecule has 4 rings (SSSR count). The molecule has 1 saturated heterocycles. The molecule has 0 spiro atoms. The molecule has 0 bridgehead atoms. The summed E-state index contributed by atoms with van der Waals surface area (Å²) >= 11 is 1.79. The standard InChI is InChI=1S/C20H26N4OS/c1-26-14-15-8-10-16(11-9-15)20(25)23-13-5-6-17(23)19-22-21-18-7-3-2-4-12-24(18)19/h8-11,17H,2-7,12-14H2,1H3. The zero-order valence-electron chi connectivity index (χ0n) is 15.4. The molecule has 26 heavy (non-hydrogen) atoms. The predicted molar refractivity (Wildman–Crippen MR) is 104 cm³/mol. The Bertz CT molecular complexity index is 771. The molecule has 1 amide bonds. The van der Waals surface area contributed by atoms with Gasteiger partial charge in [-0.1, -0.05) is 18.6 Å². The Balaban J connectivity index is 1.57. The van der Waals surface area contributed by atoms with E-state index >= 15 is 0 Å². The van der Waals surface area contributed by atoms with Crippen molar-refractivity contribution in [3.8, 4) is 0 Å². The summed E-state index contributed by atoms with van der Waals surface area (Å²) in [5.41, 5.74) is 2.03. The number of fused-ring (bicyclic) bond motifs is 1. The van der Waals surface area contributed by atoms with Gasteiger partial charge in [0.05, 0.1) is 6.04 Å². The number of carbonyl (C=O) groups excluding carboxylic acids is 1. The van der Waals surface area contributed by atoms with Crippen LogP contribution in [-0.4, -0.2) is 38.4 Å². The number of thioether (sulfide) groups is 1. The number of amides is 1. The zero-order valence-corrected chi connectivity index (χ0v) is 16.2. The summed E-state index contributed by atoms with van der Waals surface area (Å²) in [6.45, 7) is 1.79. The zero-order chi connectivity index (χ0) is 17.9. The van der Waals surface area contributed by atoms with Crippen LogP contribution in [0.15, 0.2) is 24.3 Å². The number of aryl methyl sites for hydroxylation is 1. The maximum atomic E-state index is 13.1. The second kappa shape index (κ2) is 7.82. The molecule has 2 aliphatic rings. The number of rotatable bonds is 4. The van der Waals surface area contributed by atoms with Crippen LogP contribution in [0.5, 0.6) is 0 Å². The SMILES string of the molecule is CSCc1ccc(C(=O)N2CCCC2c2nnc3n2CCCCC3)cc1. The number of carbonyl (C=O) groups is 1. The summed E-state index contributed by atoms with van der Waals surface area (Å²) in [5.74, 6) is 3.19. The Morgan fingerprint density at radius 3 is 2.77 bits per heavy atom. The average Bonchev–Trinajstić information content (AvgIpc) is 3.23. The van der Waals surface area contributed by atoms with Gasteiger partial charge in [0.15, 0.2) is 5.82 Å². The van der Waals surface area contributed by atoms with E-state index in [9.17, 15) is 4.79 Å². The molecule has 1 aromatic heterocycles. The van der Waals surface area contributed by atoms with Gasteiger partial charge in [0.1, 0.15) is 5.82 Å². The van der Waals surface area contributed by atoms with Gasteiger partial charge in [0.25, 0.3) is 5.91 Å². The maximum Gasteiger partial charge on any atom is 0.254 e. The molecular weight excluding hydrogens is 344 g/mol. The van der Waals surface area contributed by atoms with Gasteiger partial charge in [-0.15, -0.1) is 10.2 Å². The molecule has 0 saturated carbocycles. The van der Waals surface area contributed by atoms with Crippen molar-refractivity contribution < 1.29 is 4.79 Å². The first-order valence-electron chi connectivity index (χ1n) is 9.59. The minimum atomic E-state index is 0.0627. The average molecular weight is 371 g/mol. The van der Waals surface area contributed by atoms with Crippen LogP contribution in [0.25, 0.3) is 0 Å². The number of aromatic nitrogens is 3. The minimum absolute atomic E-state index is 0.0627. The second-order valence-electron chi connectivity index (χ2n) is 7.22. The summed E-state index contributed by atoms with van der Waals surface area (Å²) in [6.07, 6.45) is 8.72. The molecule has 1 atom stereocenters. The van der Waals surface area contributed by atoms with Crippen molar-refractivity contribution in [2.75, 3.05) is 12.8 Å². The van der Waals surface area contributed by atoms with E-state index in [2.05, 4.69) is 33.2 Å². The molecule has 5 nitrogen and oxygen atoms in total. The van der Waals surface area contributed by atoms with Gasteiger partial charge in [-0.05, 0) is 49.6 Å². The fraction of sp³-hybridized carbons (Fsp3) is 0.550. The molecule has 0 radical (unpaired) electrons. The first-order chi connectivity index (χ1) is 12.8. The summed E-state index contributed by atoms with van der Waals surface area (Å²) in [6, 6.07) is 8.13. The highest BCUT2D eigenvalue weighted by Crippen LogP contribution is 2.33. The molecule has 0 N–H and O–H groups in total. The topological polar surface area (TPSA) is 51.0 Å². The van der Waals surface area contributed by atoms with Gasteiger partial charge in [-0.3, -0.25) is 4.79 Å². The fourth-order valence-electron chi connectivity index (χ4n) is 4.11. The first kappa shape index (κ1) is 17.6. The summed E-state index contributed by atoms with van der Waals surface area (Å²) in [7, 11) is 0. The molecule has 2 aliphatic heterocycles. The lowest BCUT2D eigenvalue weighted by Gasteiger charge is -2.25. The van der Waals surface area contributed by atoms with Crippen LogP contribution in [0.3, 0.4) is 0 Å². The van der Waals surface area contributed by atoms with E-state index in [-0.39, 0.29) is 11.9 Å². The number of hydrogen-bond acceptors (Lipinski definition) is 4. The molecule has 138 valence electrons. The van der Waals surface area contributed by atoms with Crippen molar-refractivity contribution >= 4 is 17.7 Å². The molecule has 1 aromatic carbocycles. The second-order valence-corrected chi connectivity index (χ2v) is 8.09. The van der Waals surface area contributed by atoms with E-state index in [4.69, 9.17) is 0 Å². The lowest BCUT2D eigenvalue weighted by Crippen LogP contribution is -2.32. The summed E-state index contributed by atoms with van der Waals surface area (Å²) in [4.78, 5) is 15.1. The third-order valence-corrected chi connectivity index (χ3v) is 6.08. The van der Waals surface area contributed by atoms with E-state index < -0.39 is 0 Å². The van der Waals surface area contributed by atoms with Gasteiger partial charge in [0.2, 0.25) is 0 Å². The monoisotopic (exact) mass is 370 g/mol. The van der Waals surface area contributed by atoms with Gasteiger partial charge in [-0.25, -0.2) is 0 Å². The van der Waals surface area contributed by atoms with Crippen LogP contribution in [0.4, 0.5) is 0 Å². The van der Waals surface area contributed by atoms with Gasteiger partial charge >= 0.3 is 0 Å². The van der Waals surface area contributed by atoms with Gasteiger partial charge in [0, 0.05) is 30.8 Å². The highest BCUT2D eigenvalue weighted by atomic mass is 32.2. The van der Waals surface area contributed by atoms with Crippen molar-refractivity contribution in [3.63, 3.8) is 0 Å². The van der Waals surface area contributed by atoms with Crippen molar-refractivity contribution in [3.05, 3.63) is 47.0 Å².